The molecule has 0 saturated heterocycles. The molecule has 1 aliphatic heterocycles. The molecule has 0 spiro atoms. The Morgan fingerprint density at radius 1 is 1.19 bits per heavy atom. The van der Waals surface area contributed by atoms with Gasteiger partial charge >= 0.3 is 5.97 Å². The molecule has 0 amide bonds. The van der Waals surface area contributed by atoms with Gasteiger partial charge in [0.25, 0.3) is 0 Å². The summed E-state index contributed by atoms with van der Waals surface area (Å²) in [7, 11) is 0. The second-order valence-electron chi connectivity index (χ2n) is 6.83. The molecule has 0 aromatic heterocycles. The van der Waals surface area contributed by atoms with Crippen molar-refractivity contribution >= 4 is 5.97 Å². The lowest BCUT2D eigenvalue weighted by Gasteiger charge is -2.12. The molecule has 2 atom stereocenters. The summed E-state index contributed by atoms with van der Waals surface area (Å²) in [6.07, 6.45) is 5.56. The largest absolute Gasteiger partial charge is 0.488 e. The fraction of sp³-hybridized carbons (Fsp3) is 0.318. The van der Waals surface area contributed by atoms with E-state index in [0.717, 1.165) is 23.3 Å². The van der Waals surface area contributed by atoms with Gasteiger partial charge in [-0.2, -0.15) is 0 Å². The van der Waals surface area contributed by atoms with Gasteiger partial charge in [0.1, 0.15) is 25.1 Å². The van der Waals surface area contributed by atoms with Crippen LogP contribution in [0.1, 0.15) is 34.6 Å². The average molecular weight is 350 g/mol. The number of aryl methyl sites for hydroxylation is 1. The van der Waals surface area contributed by atoms with Gasteiger partial charge in [0, 0.05) is 23.5 Å². The van der Waals surface area contributed by atoms with E-state index in [1.54, 1.807) is 0 Å². The number of ether oxygens (including phenoxy) is 3. The molecule has 4 nitrogen and oxygen atoms in total. The zero-order valence-electron chi connectivity index (χ0n) is 14.8. The Hall–Kier alpha value is -2.59. The third-order valence-electron chi connectivity index (χ3n) is 4.80. The van der Waals surface area contributed by atoms with Crippen molar-refractivity contribution < 1.29 is 19.0 Å². The number of hydrogen-bond donors (Lipinski definition) is 0. The number of fused-ring (bicyclic) bond motifs is 3. The van der Waals surface area contributed by atoms with E-state index in [4.69, 9.17) is 14.2 Å². The van der Waals surface area contributed by atoms with Crippen LogP contribution >= 0.6 is 0 Å². The van der Waals surface area contributed by atoms with Gasteiger partial charge in [-0.25, -0.2) is 4.79 Å². The molecule has 2 aromatic carbocycles. The first-order valence-corrected chi connectivity index (χ1v) is 8.95. The van der Waals surface area contributed by atoms with Gasteiger partial charge in [0.05, 0.1) is 6.61 Å². The van der Waals surface area contributed by atoms with E-state index in [-0.39, 0.29) is 25.3 Å². The minimum absolute atomic E-state index is 0.0672. The van der Waals surface area contributed by atoms with E-state index >= 15 is 0 Å². The van der Waals surface area contributed by atoms with Crippen LogP contribution in [0.25, 0.3) is 0 Å². The molecule has 4 rings (SSSR count). The summed E-state index contributed by atoms with van der Waals surface area (Å²) in [5.74, 6) is 0.908. The maximum atomic E-state index is 11.9. The first kappa shape index (κ1) is 16.9. The van der Waals surface area contributed by atoms with Crippen molar-refractivity contribution in [3.8, 4) is 5.75 Å². The molecule has 26 heavy (non-hydrogen) atoms. The van der Waals surface area contributed by atoms with Crippen molar-refractivity contribution in [1.82, 2.24) is 0 Å². The van der Waals surface area contributed by atoms with Gasteiger partial charge in [-0.15, -0.1) is 0 Å². The number of benzene rings is 2. The van der Waals surface area contributed by atoms with Crippen LogP contribution in [0.2, 0.25) is 0 Å². The van der Waals surface area contributed by atoms with Gasteiger partial charge in [-0.1, -0.05) is 60.2 Å². The zero-order chi connectivity index (χ0) is 17.9. The molecule has 4 heteroatoms. The first-order valence-electron chi connectivity index (χ1n) is 8.95. The maximum Gasteiger partial charge on any atom is 0.332 e. The van der Waals surface area contributed by atoms with Crippen LogP contribution in [-0.2, 0) is 27.5 Å². The SMILES string of the molecule is Cc1cc(COCC(=O)OCc2ccccc2)c2c(c1)[C@H]1C=CC[C@H]1O2. The molecular weight excluding hydrogens is 328 g/mol. The molecule has 2 aliphatic rings. The number of carbonyl (C=O) groups excluding carboxylic acids is 1. The Morgan fingerprint density at radius 3 is 2.88 bits per heavy atom. The minimum atomic E-state index is -0.362. The second-order valence-corrected chi connectivity index (χ2v) is 6.83. The van der Waals surface area contributed by atoms with Crippen molar-refractivity contribution in [3.05, 3.63) is 76.9 Å². The summed E-state index contributed by atoms with van der Waals surface area (Å²) in [6, 6.07) is 13.9. The fourth-order valence-corrected chi connectivity index (χ4v) is 3.61. The van der Waals surface area contributed by atoms with Gasteiger partial charge in [0.15, 0.2) is 0 Å². The van der Waals surface area contributed by atoms with E-state index in [1.807, 2.05) is 30.3 Å². The van der Waals surface area contributed by atoms with Crippen LogP contribution < -0.4 is 4.74 Å². The molecule has 0 fully saturated rings. The number of rotatable bonds is 6. The monoisotopic (exact) mass is 350 g/mol. The summed E-state index contributed by atoms with van der Waals surface area (Å²) in [6.45, 7) is 2.61. The first-order chi connectivity index (χ1) is 12.7. The Balaban J connectivity index is 1.33. The number of carbonyl (C=O) groups is 1. The minimum Gasteiger partial charge on any atom is -0.488 e. The lowest BCUT2D eigenvalue weighted by molar-refractivity contribution is -0.150. The summed E-state index contributed by atoms with van der Waals surface area (Å²) in [5, 5.41) is 0. The van der Waals surface area contributed by atoms with Crippen LogP contribution in [0.5, 0.6) is 5.75 Å². The van der Waals surface area contributed by atoms with Gasteiger partial charge < -0.3 is 14.2 Å². The zero-order valence-corrected chi connectivity index (χ0v) is 14.8. The smallest absolute Gasteiger partial charge is 0.332 e. The summed E-state index contributed by atoms with van der Waals surface area (Å²) >= 11 is 0. The highest BCUT2D eigenvalue weighted by Crippen LogP contribution is 2.46. The Morgan fingerprint density at radius 2 is 2.04 bits per heavy atom. The van der Waals surface area contributed by atoms with Crippen molar-refractivity contribution in [2.24, 2.45) is 0 Å². The summed E-state index contributed by atoms with van der Waals surface area (Å²) in [5.41, 5.74) is 4.37. The topological polar surface area (TPSA) is 44.8 Å². The van der Waals surface area contributed by atoms with Crippen molar-refractivity contribution in [1.29, 1.82) is 0 Å². The molecule has 0 bridgehead atoms. The third kappa shape index (κ3) is 3.51. The Bertz CT molecular complexity index is 826. The molecule has 1 aliphatic carbocycles. The predicted octanol–water partition coefficient (Wildman–Crippen LogP) is 4.06. The van der Waals surface area contributed by atoms with Gasteiger partial charge in [-0.05, 0) is 12.5 Å². The molecular formula is C22H22O4. The highest BCUT2D eigenvalue weighted by atomic mass is 16.6. The van der Waals surface area contributed by atoms with Crippen molar-refractivity contribution in [2.75, 3.05) is 6.61 Å². The Kier molecular flexibility index (Phi) is 4.76. The molecule has 2 aromatic rings. The molecule has 0 N–H and O–H groups in total. The quantitative estimate of drug-likeness (QED) is 0.582. The van der Waals surface area contributed by atoms with Gasteiger partial charge in [-0.3, -0.25) is 0 Å². The van der Waals surface area contributed by atoms with E-state index < -0.39 is 0 Å². The lowest BCUT2D eigenvalue weighted by Crippen LogP contribution is -2.13. The standard InChI is InChI=1S/C22H22O4/c1-15-10-17(22-19(11-15)18-8-5-9-20(18)26-22)13-24-14-21(23)25-12-16-6-3-2-4-7-16/h2-8,10-11,18,20H,9,12-14H2,1H3/t18-,20-/m1/s1. The second kappa shape index (κ2) is 7.34. The third-order valence-corrected chi connectivity index (χ3v) is 4.80. The van der Waals surface area contributed by atoms with Gasteiger partial charge in [0.2, 0.25) is 0 Å². The van der Waals surface area contributed by atoms with Crippen LogP contribution in [0.4, 0.5) is 0 Å². The Labute approximate surface area is 153 Å². The highest BCUT2D eigenvalue weighted by molar-refractivity contribution is 5.70. The summed E-state index contributed by atoms with van der Waals surface area (Å²) in [4.78, 5) is 11.9. The van der Waals surface area contributed by atoms with Crippen molar-refractivity contribution in [3.63, 3.8) is 0 Å². The predicted molar refractivity (Wildman–Crippen MR) is 98.0 cm³/mol. The average Bonchev–Trinajstić information content (AvgIpc) is 3.23. The van der Waals surface area contributed by atoms with Crippen molar-refractivity contribution in [2.45, 2.75) is 38.6 Å². The lowest BCUT2D eigenvalue weighted by atomic mass is 9.95. The van der Waals surface area contributed by atoms with Crippen LogP contribution in [0.3, 0.4) is 0 Å². The number of hydrogen-bond acceptors (Lipinski definition) is 4. The molecule has 0 radical (unpaired) electrons. The van der Waals surface area contributed by atoms with Crippen LogP contribution in [0, 0.1) is 6.92 Å². The molecule has 0 saturated carbocycles. The van der Waals surface area contributed by atoms with E-state index in [1.165, 1.54) is 11.1 Å². The number of esters is 1. The van der Waals surface area contributed by atoms with E-state index in [0.29, 0.717) is 12.5 Å². The normalized spacial score (nSPS) is 19.7. The maximum absolute atomic E-state index is 11.9. The van der Waals surface area contributed by atoms with E-state index in [9.17, 15) is 4.79 Å². The van der Waals surface area contributed by atoms with E-state index in [2.05, 4.69) is 31.2 Å². The van der Waals surface area contributed by atoms with Crippen LogP contribution in [0.15, 0.2) is 54.6 Å². The fourth-order valence-electron chi connectivity index (χ4n) is 3.61. The molecule has 134 valence electrons. The molecule has 1 heterocycles. The summed E-state index contributed by atoms with van der Waals surface area (Å²) < 4.78 is 17.0. The highest BCUT2D eigenvalue weighted by Gasteiger charge is 2.36. The molecule has 0 unspecified atom stereocenters. The van der Waals surface area contributed by atoms with Crippen LogP contribution in [-0.4, -0.2) is 18.7 Å².